The van der Waals surface area contributed by atoms with Gasteiger partial charge in [-0.2, -0.15) is 0 Å². The molecule has 3 aromatic rings. The van der Waals surface area contributed by atoms with Crippen molar-refractivity contribution in [1.29, 1.82) is 0 Å². The van der Waals surface area contributed by atoms with Crippen LogP contribution >= 0.6 is 0 Å². The molecule has 0 radical (unpaired) electrons. The molecule has 0 amide bonds. The lowest BCUT2D eigenvalue weighted by molar-refractivity contribution is 0.440. The first kappa shape index (κ1) is 25.7. The summed E-state index contributed by atoms with van der Waals surface area (Å²) >= 11 is 0. The average Bonchev–Trinajstić information content (AvgIpc) is 2.89. The van der Waals surface area contributed by atoms with Gasteiger partial charge in [0.15, 0.2) is 0 Å². The molecule has 2 aliphatic carbocycles. The van der Waals surface area contributed by atoms with Crippen LogP contribution in [0, 0.1) is 27.7 Å². The van der Waals surface area contributed by atoms with Crippen LogP contribution in [0.25, 0.3) is 22.3 Å². The van der Waals surface area contributed by atoms with Gasteiger partial charge in [-0.15, -0.1) is 0 Å². The van der Waals surface area contributed by atoms with Crippen molar-refractivity contribution in [2.24, 2.45) is 0 Å². The topological polar surface area (TPSA) is 60.7 Å². The van der Waals surface area contributed by atoms with Crippen LogP contribution in [0.2, 0.25) is 0 Å². The van der Waals surface area contributed by atoms with Crippen LogP contribution in [0.3, 0.4) is 0 Å². The summed E-state index contributed by atoms with van der Waals surface area (Å²) in [5, 5.41) is 33.5. The maximum atomic E-state index is 11.3. The Morgan fingerprint density at radius 2 is 0.973 bits per heavy atom. The van der Waals surface area contributed by atoms with Crippen LogP contribution in [0.1, 0.15) is 109 Å². The highest BCUT2D eigenvalue weighted by molar-refractivity contribution is 5.88. The van der Waals surface area contributed by atoms with E-state index >= 15 is 0 Å². The van der Waals surface area contributed by atoms with E-state index in [1.807, 2.05) is 32.0 Å². The minimum Gasteiger partial charge on any atom is -0.507 e. The number of rotatable bonds is 4. The fourth-order valence-corrected chi connectivity index (χ4v) is 7.05. The van der Waals surface area contributed by atoms with Crippen LogP contribution in [-0.2, 0) is 0 Å². The van der Waals surface area contributed by atoms with E-state index in [0.717, 1.165) is 33.4 Å². The Morgan fingerprint density at radius 3 is 1.49 bits per heavy atom. The van der Waals surface area contributed by atoms with Gasteiger partial charge in [0.1, 0.15) is 17.2 Å². The lowest BCUT2D eigenvalue weighted by atomic mass is 9.79. The SMILES string of the molecule is Cc1cc(O)c(-c2cc(C)c(O)c(-c3cc(C4CCCCC4)c(C)cc3O)c2C)cc1C1CCCCC1. The summed E-state index contributed by atoms with van der Waals surface area (Å²) in [5.41, 5.74) is 9.59. The number of hydrogen-bond acceptors (Lipinski definition) is 3. The van der Waals surface area contributed by atoms with E-state index in [1.54, 1.807) is 0 Å². The first-order valence-corrected chi connectivity index (χ1v) is 14.3. The monoisotopic (exact) mass is 498 g/mol. The summed E-state index contributed by atoms with van der Waals surface area (Å²) in [6.45, 7) is 8.09. The van der Waals surface area contributed by atoms with Gasteiger partial charge in [-0.05, 0) is 134 Å². The van der Waals surface area contributed by atoms with Crippen molar-refractivity contribution < 1.29 is 15.3 Å². The predicted molar refractivity (Wildman–Crippen MR) is 153 cm³/mol. The van der Waals surface area contributed by atoms with E-state index in [0.29, 0.717) is 23.0 Å². The molecule has 2 saturated carbocycles. The van der Waals surface area contributed by atoms with E-state index in [-0.39, 0.29) is 17.2 Å². The molecule has 196 valence electrons. The molecule has 0 atom stereocenters. The van der Waals surface area contributed by atoms with Crippen molar-refractivity contribution >= 4 is 0 Å². The van der Waals surface area contributed by atoms with Gasteiger partial charge < -0.3 is 15.3 Å². The van der Waals surface area contributed by atoms with Crippen molar-refractivity contribution in [1.82, 2.24) is 0 Å². The lowest BCUT2D eigenvalue weighted by Crippen LogP contribution is -2.07. The number of phenolic OH excluding ortho intramolecular Hbond substituents is 3. The Hall–Kier alpha value is -2.94. The molecule has 3 heteroatoms. The maximum absolute atomic E-state index is 11.3. The van der Waals surface area contributed by atoms with Gasteiger partial charge in [0, 0.05) is 16.7 Å². The summed E-state index contributed by atoms with van der Waals surface area (Å²) in [7, 11) is 0. The molecule has 0 saturated heterocycles. The van der Waals surface area contributed by atoms with E-state index < -0.39 is 0 Å². The van der Waals surface area contributed by atoms with E-state index in [2.05, 4.69) is 26.0 Å². The number of benzene rings is 3. The standard InChI is InChI=1S/C34H42O3/c1-20-16-31(35)29(18-26(20)24-11-7-5-8-12-24)28-15-22(3)34(37)33(23(28)4)30-19-27(21(2)17-32(30)36)25-13-9-6-10-14-25/h15-19,24-25,35-37H,5-14H2,1-4H3. The number of aryl methyl sites for hydroxylation is 3. The number of aromatic hydroxyl groups is 3. The van der Waals surface area contributed by atoms with Gasteiger partial charge in [0.2, 0.25) is 0 Å². The zero-order valence-electron chi connectivity index (χ0n) is 23.0. The Bertz CT molecular complexity index is 1310. The molecule has 0 unspecified atom stereocenters. The third-order valence-corrected chi connectivity index (χ3v) is 9.17. The van der Waals surface area contributed by atoms with Gasteiger partial charge in [-0.3, -0.25) is 0 Å². The molecule has 37 heavy (non-hydrogen) atoms. The first-order valence-electron chi connectivity index (χ1n) is 14.3. The van der Waals surface area contributed by atoms with Crippen LogP contribution in [0.15, 0.2) is 30.3 Å². The highest BCUT2D eigenvalue weighted by atomic mass is 16.3. The maximum Gasteiger partial charge on any atom is 0.126 e. The first-order chi connectivity index (χ1) is 17.8. The van der Waals surface area contributed by atoms with E-state index in [1.165, 1.54) is 75.3 Å². The van der Waals surface area contributed by atoms with Crippen LogP contribution < -0.4 is 0 Å². The van der Waals surface area contributed by atoms with E-state index in [4.69, 9.17) is 0 Å². The molecule has 2 fully saturated rings. The van der Waals surface area contributed by atoms with Crippen molar-refractivity contribution in [3.8, 4) is 39.5 Å². The molecule has 5 rings (SSSR count). The number of hydrogen-bond donors (Lipinski definition) is 3. The molecule has 2 aliphatic rings. The normalized spacial score (nSPS) is 17.3. The summed E-state index contributed by atoms with van der Waals surface area (Å²) < 4.78 is 0. The molecular weight excluding hydrogens is 456 g/mol. The van der Waals surface area contributed by atoms with Crippen LogP contribution in [-0.4, -0.2) is 15.3 Å². The summed E-state index contributed by atoms with van der Waals surface area (Å²) in [6, 6.07) is 10.1. The molecule has 0 spiro atoms. The van der Waals surface area contributed by atoms with Crippen LogP contribution in [0.4, 0.5) is 0 Å². The van der Waals surface area contributed by atoms with Gasteiger partial charge in [-0.1, -0.05) is 38.5 Å². The summed E-state index contributed by atoms with van der Waals surface area (Å²) in [5.74, 6) is 1.70. The van der Waals surface area contributed by atoms with Gasteiger partial charge in [-0.25, -0.2) is 0 Å². The quantitative estimate of drug-likeness (QED) is 0.336. The van der Waals surface area contributed by atoms with Gasteiger partial charge in [0.25, 0.3) is 0 Å². The highest BCUT2D eigenvalue weighted by Crippen LogP contribution is 2.48. The zero-order valence-corrected chi connectivity index (χ0v) is 23.0. The smallest absolute Gasteiger partial charge is 0.126 e. The van der Waals surface area contributed by atoms with Crippen molar-refractivity contribution in [2.45, 2.75) is 104 Å². The largest absolute Gasteiger partial charge is 0.507 e. The Labute approximate surface area is 222 Å². The molecule has 3 nitrogen and oxygen atoms in total. The third kappa shape index (κ3) is 4.85. The second-order valence-electron chi connectivity index (χ2n) is 11.7. The summed E-state index contributed by atoms with van der Waals surface area (Å²) in [4.78, 5) is 0. The van der Waals surface area contributed by atoms with Crippen molar-refractivity contribution in [2.75, 3.05) is 0 Å². The second-order valence-corrected chi connectivity index (χ2v) is 11.7. The molecular formula is C34H42O3. The Kier molecular flexibility index (Phi) is 7.25. The molecule has 0 bridgehead atoms. The third-order valence-electron chi connectivity index (χ3n) is 9.17. The minimum atomic E-state index is 0.197. The predicted octanol–water partition coefficient (Wildman–Crippen LogP) is 9.47. The second kappa shape index (κ2) is 10.4. The minimum absolute atomic E-state index is 0.197. The van der Waals surface area contributed by atoms with Crippen LogP contribution in [0.5, 0.6) is 17.2 Å². The molecule has 0 heterocycles. The summed E-state index contributed by atoms with van der Waals surface area (Å²) in [6.07, 6.45) is 12.4. The van der Waals surface area contributed by atoms with E-state index in [9.17, 15) is 15.3 Å². The van der Waals surface area contributed by atoms with Gasteiger partial charge in [0.05, 0.1) is 0 Å². The molecule has 3 N–H and O–H groups in total. The zero-order chi connectivity index (χ0) is 26.3. The Morgan fingerprint density at radius 1 is 0.514 bits per heavy atom. The fourth-order valence-electron chi connectivity index (χ4n) is 7.05. The molecule has 0 aromatic heterocycles. The fraction of sp³-hybridized carbons (Fsp3) is 0.471. The van der Waals surface area contributed by atoms with Crippen molar-refractivity contribution in [3.05, 3.63) is 63.7 Å². The van der Waals surface area contributed by atoms with Gasteiger partial charge >= 0.3 is 0 Å². The molecule has 0 aliphatic heterocycles. The highest BCUT2D eigenvalue weighted by Gasteiger charge is 2.25. The lowest BCUT2D eigenvalue weighted by Gasteiger charge is -2.26. The molecule has 3 aromatic carbocycles. The average molecular weight is 499 g/mol. The van der Waals surface area contributed by atoms with Crippen molar-refractivity contribution in [3.63, 3.8) is 0 Å². The number of phenols is 3. The Balaban J connectivity index is 1.67.